The lowest BCUT2D eigenvalue weighted by atomic mass is 10.2. The van der Waals surface area contributed by atoms with E-state index in [1.54, 1.807) is 6.20 Å². The zero-order valence-corrected chi connectivity index (χ0v) is 15.1. The Morgan fingerprint density at radius 3 is 2.59 bits per heavy atom. The van der Waals surface area contributed by atoms with Crippen molar-refractivity contribution in [2.75, 3.05) is 18.5 Å². The molecular weight excluding hydrogens is 342 g/mol. The highest BCUT2D eigenvalue weighted by atomic mass is 16.5. The second kappa shape index (κ2) is 10.0. The Bertz CT molecular complexity index is 820. The summed E-state index contributed by atoms with van der Waals surface area (Å²) in [5.41, 5.74) is 0.723. The van der Waals surface area contributed by atoms with Crippen LogP contribution in [0.3, 0.4) is 0 Å². The lowest BCUT2D eigenvalue weighted by molar-refractivity contribution is -0.116. The number of hydrogen-bond acceptors (Lipinski definition) is 4. The van der Waals surface area contributed by atoms with E-state index in [9.17, 15) is 4.79 Å². The molecule has 3 aromatic rings. The predicted octanol–water partition coefficient (Wildman–Crippen LogP) is 3.76. The average molecular weight is 365 g/mol. The number of benzene rings is 2. The number of amides is 1. The van der Waals surface area contributed by atoms with Gasteiger partial charge in [0.05, 0.1) is 13.2 Å². The van der Waals surface area contributed by atoms with Crippen molar-refractivity contribution >= 4 is 11.6 Å². The van der Waals surface area contributed by atoms with Crippen LogP contribution in [0.5, 0.6) is 11.5 Å². The highest BCUT2D eigenvalue weighted by Gasteiger charge is 2.04. The molecule has 1 aromatic heterocycles. The molecule has 3 rings (SSSR count). The third kappa shape index (κ3) is 6.51. The third-order valence-corrected chi connectivity index (χ3v) is 3.83. The van der Waals surface area contributed by atoms with Crippen LogP contribution in [0, 0.1) is 0 Å². The van der Waals surface area contributed by atoms with Gasteiger partial charge in [0.1, 0.15) is 18.1 Å². The first-order valence-corrected chi connectivity index (χ1v) is 8.97. The van der Waals surface area contributed by atoms with Gasteiger partial charge in [-0.1, -0.05) is 24.3 Å². The van der Waals surface area contributed by atoms with Gasteiger partial charge in [-0.25, -0.2) is 0 Å². The largest absolute Gasteiger partial charge is 0.494 e. The van der Waals surface area contributed by atoms with E-state index in [1.807, 2.05) is 71.5 Å². The van der Waals surface area contributed by atoms with Gasteiger partial charge in [0.2, 0.25) is 5.91 Å². The van der Waals surface area contributed by atoms with Crippen LogP contribution >= 0.6 is 0 Å². The van der Waals surface area contributed by atoms with Crippen molar-refractivity contribution in [1.82, 2.24) is 9.78 Å². The normalized spacial score (nSPS) is 10.4. The minimum Gasteiger partial charge on any atom is -0.494 e. The maximum absolute atomic E-state index is 12.1. The van der Waals surface area contributed by atoms with E-state index in [-0.39, 0.29) is 5.91 Å². The van der Waals surface area contributed by atoms with Crippen LogP contribution in [0.1, 0.15) is 12.8 Å². The van der Waals surface area contributed by atoms with E-state index in [4.69, 9.17) is 9.47 Å². The molecule has 6 heteroatoms. The molecule has 0 aliphatic carbocycles. The molecule has 6 nitrogen and oxygen atoms in total. The van der Waals surface area contributed by atoms with Crippen molar-refractivity contribution in [3.05, 3.63) is 73.1 Å². The van der Waals surface area contributed by atoms with E-state index in [0.717, 1.165) is 11.4 Å². The van der Waals surface area contributed by atoms with Crippen LogP contribution in [-0.2, 0) is 11.3 Å². The van der Waals surface area contributed by atoms with Crippen molar-refractivity contribution in [2.45, 2.75) is 19.4 Å². The first-order chi connectivity index (χ1) is 13.3. The van der Waals surface area contributed by atoms with Gasteiger partial charge in [0.25, 0.3) is 0 Å². The lowest BCUT2D eigenvalue weighted by Gasteiger charge is -2.10. The van der Waals surface area contributed by atoms with Gasteiger partial charge < -0.3 is 14.8 Å². The van der Waals surface area contributed by atoms with Crippen molar-refractivity contribution in [1.29, 1.82) is 0 Å². The Labute approximate surface area is 158 Å². The zero-order chi connectivity index (χ0) is 18.7. The minimum atomic E-state index is -0.0413. The molecule has 0 saturated heterocycles. The smallest absolute Gasteiger partial charge is 0.224 e. The van der Waals surface area contributed by atoms with Crippen LogP contribution in [0.2, 0.25) is 0 Å². The number of carbonyl (C=O) groups is 1. The summed E-state index contributed by atoms with van der Waals surface area (Å²) in [6.45, 7) is 1.69. The van der Waals surface area contributed by atoms with Gasteiger partial charge in [-0.05, 0) is 36.8 Å². The summed E-state index contributed by atoms with van der Waals surface area (Å²) < 4.78 is 13.1. The van der Waals surface area contributed by atoms with E-state index < -0.39 is 0 Å². The van der Waals surface area contributed by atoms with Crippen LogP contribution in [0.25, 0.3) is 0 Å². The molecule has 27 heavy (non-hydrogen) atoms. The number of anilines is 1. The number of carbonyl (C=O) groups excluding carboxylic acids is 1. The molecular formula is C21H23N3O3. The molecule has 0 aliphatic rings. The minimum absolute atomic E-state index is 0.0413. The summed E-state index contributed by atoms with van der Waals surface area (Å²) in [5, 5.41) is 7.02. The van der Waals surface area contributed by atoms with Crippen molar-refractivity contribution in [3.63, 3.8) is 0 Å². The first kappa shape index (κ1) is 18.5. The molecule has 2 aromatic carbocycles. The van der Waals surface area contributed by atoms with Crippen molar-refractivity contribution in [2.24, 2.45) is 0 Å². The highest BCUT2D eigenvalue weighted by Crippen LogP contribution is 2.18. The monoisotopic (exact) mass is 365 g/mol. The van der Waals surface area contributed by atoms with Crippen LogP contribution in [0.15, 0.2) is 73.1 Å². The molecule has 0 unspecified atom stereocenters. The van der Waals surface area contributed by atoms with Gasteiger partial charge in [0, 0.05) is 30.6 Å². The molecule has 1 heterocycles. The third-order valence-electron chi connectivity index (χ3n) is 3.83. The van der Waals surface area contributed by atoms with Crippen LogP contribution < -0.4 is 14.8 Å². The van der Waals surface area contributed by atoms with E-state index in [1.165, 1.54) is 0 Å². The van der Waals surface area contributed by atoms with Crippen molar-refractivity contribution in [3.8, 4) is 11.5 Å². The molecule has 140 valence electrons. The number of hydrogen-bond donors (Lipinski definition) is 1. The Morgan fingerprint density at radius 2 is 1.78 bits per heavy atom. The van der Waals surface area contributed by atoms with E-state index in [2.05, 4.69) is 10.4 Å². The first-order valence-electron chi connectivity index (χ1n) is 8.97. The maximum atomic E-state index is 12.1. The SMILES string of the molecule is O=C(CCCOc1ccccc1)Nc1cccc(OCCn2cccn2)c1. The Morgan fingerprint density at radius 1 is 0.963 bits per heavy atom. The number of aromatic nitrogens is 2. The average Bonchev–Trinajstić information content (AvgIpc) is 3.20. The lowest BCUT2D eigenvalue weighted by Crippen LogP contribution is -2.13. The second-order valence-corrected chi connectivity index (χ2v) is 5.96. The summed E-state index contributed by atoms with van der Waals surface area (Å²) in [6, 6.07) is 18.9. The standard InChI is InChI=1S/C21H23N3O3/c25-21(11-5-15-26-19-8-2-1-3-9-19)23-18-7-4-10-20(17-18)27-16-14-24-13-6-12-22-24/h1-4,6-10,12-13,17H,5,11,14-16H2,(H,23,25). The van der Waals surface area contributed by atoms with Crippen LogP contribution in [0.4, 0.5) is 5.69 Å². The molecule has 1 N–H and O–H groups in total. The molecule has 1 amide bonds. The quantitative estimate of drug-likeness (QED) is 0.556. The van der Waals surface area contributed by atoms with E-state index in [0.29, 0.717) is 38.3 Å². The van der Waals surface area contributed by atoms with Crippen molar-refractivity contribution < 1.29 is 14.3 Å². The Balaban J connectivity index is 1.37. The van der Waals surface area contributed by atoms with Gasteiger partial charge in [-0.15, -0.1) is 0 Å². The predicted molar refractivity (Wildman–Crippen MR) is 104 cm³/mol. The van der Waals surface area contributed by atoms with Gasteiger partial charge in [0.15, 0.2) is 0 Å². The van der Waals surface area contributed by atoms with E-state index >= 15 is 0 Å². The zero-order valence-electron chi connectivity index (χ0n) is 15.1. The Kier molecular flexibility index (Phi) is 6.86. The van der Waals surface area contributed by atoms with Crippen LogP contribution in [-0.4, -0.2) is 28.9 Å². The molecule has 0 fully saturated rings. The number of rotatable bonds is 10. The fraction of sp³-hybridized carbons (Fsp3) is 0.238. The van der Waals surface area contributed by atoms with Gasteiger partial charge >= 0.3 is 0 Å². The maximum Gasteiger partial charge on any atom is 0.224 e. The molecule has 0 saturated carbocycles. The number of para-hydroxylation sites is 1. The molecule has 0 bridgehead atoms. The Hall–Kier alpha value is -3.28. The second-order valence-electron chi connectivity index (χ2n) is 5.96. The molecule has 0 radical (unpaired) electrons. The number of nitrogens with zero attached hydrogens (tertiary/aromatic N) is 2. The highest BCUT2D eigenvalue weighted by molar-refractivity contribution is 5.90. The topological polar surface area (TPSA) is 65.4 Å². The fourth-order valence-electron chi connectivity index (χ4n) is 2.52. The summed E-state index contributed by atoms with van der Waals surface area (Å²) >= 11 is 0. The van der Waals surface area contributed by atoms with Gasteiger partial charge in [-0.3, -0.25) is 9.48 Å². The summed E-state index contributed by atoms with van der Waals surface area (Å²) in [7, 11) is 0. The van der Waals surface area contributed by atoms with Gasteiger partial charge in [-0.2, -0.15) is 5.10 Å². The molecule has 0 spiro atoms. The summed E-state index contributed by atoms with van der Waals surface area (Å²) in [5.74, 6) is 1.49. The molecule has 0 atom stereocenters. The number of ether oxygens (including phenoxy) is 2. The number of nitrogens with one attached hydrogen (secondary N) is 1. The summed E-state index contributed by atoms with van der Waals surface area (Å²) in [4.78, 5) is 12.1. The summed E-state index contributed by atoms with van der Waals surface area (Å²) in [6.07, 6.45) is 4.68. The fourth-order valence-corrected chi connectivity index (χ4v) is 2.52. The molecule has 0 aliphatic heterocycles.